The van der Waals surface area contributed by atoms with Gasteiger partial charge in [0.2, 0.25) is 0 Å². The van der Waals surface area contributed by atoms with Crippen molar-refractivity contribution in [2.75, 3.05) is 0 Å². The lowest BCUT2D eigenvalue weighted by Crippen LogP contribution is -1.95. The number of nitriles is 1. The van der Waals surface area contributed by atoms with Gasteiger partial charge in [-0.05, 0) is 12.1 Å². The van der Waals surface area contributed by atoms with Gasteiger partial charge in [-0.15, -0.1) is 0 Å². The van der Waals surface area contributed by atoms with E-state index >= 15 is 0 Å². The highest BCUT2D eigenvalue weighted by molar-refractivity contribution is 5.87. The van der Waals surface area contributed by atoms with Crippen molar-refractivity contribution < 1.29 is 9.90 Å². The molecule has 0 aliphatic heterocycles. The number of benzene rings is 1. The van der Waals surface area contributed by atoms with Crippen molar-refractivity contribution in [1.82, 2.24) is 0 Å². The molecule has 0 spiro atoms. The van der Waals surface area contributed by atoms with E-state index in [1.165, 1.54) is 18.2 Å². The molecular weight excluding hydrogens is 142 g/mol. The van der Waals surface area contributed by atoms with Crippen LogP contribution in [-0.2, 0) is 0 Å². The Morgan fingerprint density at radius 3 is 3.00 bits per heavy atom. The van der Waals surface area contributed by atoms with Crippen LogP contribution in [0.25, 0.3) is 0 Å². The summed E-state index contributed by atoms with van der Waals surface area (Å²) in [5, 5.41) is 16.9. The largest absolute Gasteiger partial charge is 0.478 e. The average molecular weight is 146 g/mol. The van der Waals surface area contributed by atoms with E-state index in [4.69, 9.17) is 10.4 Å². The van der Waals surface area contributed by atoms with Crippen LogP contribution in [0, 0.1) is 17.4 Å². The zero-order chi connectivity index (χ0) is 8.27. The first-order valence-corrected chi connectivity index (χ1v) is 2.89. The molecule has 1 aromatic rings. The third-order valence-corrected chi connectivity index (χ3v) is 1.17. The summed E-state index contributed by atoms with van der Waals surface area (Å²) in [6.07, 6.45) is 0. The zero-order valence-electron chi connectivity index (χ0n) is 5.53. The molecule has 1 radical (unpaired) electrons. The molecule has 1 aromatic carbocycles. The predicted molar refractivity (Wildman–Crippen MR) is 37.0 cm³/mol. The van der Waals surface area contributed by atoms with Crippen LogP contribution in [0.4, 0.5) is 0 Å². The van der Waals surface area contributed by atoms with E-state index in [2.05, 4.69) is 6.07 Å². The molecule has 1 rings (SSSR count). The average Bonchev–Trinajstić information content (AvgIpc) is 2.05. The van der Waals surface area contributed by atoms with Crippen LogP contribution in [0.15, 0.2) is 18.2 Å². The molecule has 0 saturated carbocycles. The van der Waals surface area contributed by atoms with Crippen molar-refractivity contribution in [3.63, 3.8) is 0 Å². The van der Waals surface area contributed by atoms with Crippen LogP contribution in [-0.4, -0.2) is 11.1 Å². The molecule has 0 saturated heterocycles. The molecule has 0 unspecified atom stereocenters. The van der Waals surface area contributed by atoms with Crippen molar-refractivity contribution >= 4 is 5.97 Å². The fourth-order valence-corrected chi connectivity index (χ4v) is 0.664. The minimum Gasteiger partial charge on any atom is -0.478 e. The lowest BCUT2D eigenvalue weighted by Gasteiger charge is -1.91. The summed E-state index contributed by atoms with van der Waals surface area (Å²) in [7, 11) is 0. The number of rotatable bonds is 1. The summed E-state index contributed by atoms with van der Waals surface area (Å²) in [6, 6.07) is 8.48. The van der Waals surface area contributed by atoms with Gasteiger partial charge in [-0.1, -0.05) is 6.07 Å². The molecule has 0 fully saturated rings. The highest BCUT2D eigenvalue weighted by Crippen LogP contribution is 2.02. The van der Waals surface area contributed by atoms with Crippen molar-refractivity contribution in [2.24, 2.45) is 0 Å². The van der Waals surface area contributed by atoms with Gasteiger partial charge in [0.15, 0.2) is 0 Å². The molecule has 0 aromatic heterocycles. The Hall–Kier alpha value is -1.82. The Morgan fingerprint density at radius 2 is 2.45 bits per heavy atom. The van der Waals surface area contributed by atoms with Crippen LogP contribution >= 0.6 is 0 Å². The molecule has 3 nitrogen and oxygen atoms in total. The number of hydrogen-bond donors (Lipinski definition) is 1. The maximum Gasteiger partial charge on any atom is 0.335 e. The van der Waals surface area contributed by atoms with Crippen LogP contribution in [0.1, 0.15) is 15.9 Å². The monoisotopic (exact) mass is 146 g/mol. The molecule has 0 amide bonds. The van der Waals surface area contributed by atoms with E-state index in [0.29, 0.717) is 0 Å². The van der Waals surface area contributed by atoms with E-state index in [0.717, 1.165) is 0 Å². The normalized spacial score (nSPS) is 8.64. The molecule has 11 heavy (non-hydrogen) atoms. The molecule has 0 bridgehead atoms. The number of aromatic carboxylic acids is 1. The smallest absolute Gasteiger partial charge is 0.335 e. The van der Waals surface area contributed by atoms with Gasteiger partial charge >= 0.3 is 5.97 Å². The van der Waals surface area contributed by atoms with Crippen molar-refractivity contribution in [3.05, 3.63) is 35.4 Å². The number of carboxylic acids is 1. The Labute approximate surface area is 63.5 Å². The van der Waals surface area contributed by atoms with Gasteiger partial charge < -0.3 is 5.11 Å². The Balaban J connectivity index is 3.13. The fraction of sp³-hybridized carbons (Fsp3) is 0. The first-order valence-electron chi connectivity index (χ1n) is 2.89. The van der Waals surface area contributed by atoms with E-state index in [9.17, 15) is 4.79 Å². The van der Waals surface area contributed by atoms with Crippen LogP contribution in [0.5, 0.6) is 0 Å². The minimum absolute atomic E-state index is 0.111. The molecular formula is C8H4NO2. The molecule has 0 aliphatic carbocycles. The summed E-state index contributed by atoms with van der Waals surface area (Å²) >= 11 is 0. The molecule has 0 atom stereocenters. The minimum atomic E-state index is -1.03. The van der Waals surface area contributed by atoms with Gasteiger partial charge in [-0.25, -0.2) is 4.79 Å². The van der Waals surface area contributed by atoms with Crippen molar-refractivity contribution in [1.29, 1.82) is 5.26 Å². The zero-order valence-corrected chi connectivity index (χ0v) is 5.53. The molecule has 1 N–H and O–H groups in total. The predicted octanol–water partition coefficient (Wildman–Crippen LogP) is 1.06. The fourth-order valence-electron chi connectivity index (χ4n) is 0.664. The Bertz CT molecular complexity index is 325. The van der Waals surface area contributed by atoms with Gasteiger partial charge in [0, 0.05) is 6.07 Å². The first-order chi connectivity index (χ1) is 5.24. The number of hydrogen-bond acceptors (Lipinski definition) is 2. The summed E-state index contributed by atoms with van der Waals surface area (Å²) in [6.45, 7) is 0. The Kier molecular flexibility index (Phi) is 1.88. The van der Waals surface area contributed by atoms with Crippen molar-refractivity contribution in [3.8, 4) is 6.07 Å². The number of carbonyl (C=O) groups is 1. The summed E-state index contributed by atoms with van der Waals surface area (Å²) in [5.41, 5.74) is 0.352. The number of carboxylic acid groups (broad SMARTS) is 1. The molecule has 3 heteroatoms. The van der Waals surface area contributed by atoms with Crippen LogP contribution in [0.3, 0.4) is 0 Å². The van der Waals surface area contributed by atoms with Crippen LogP contribution < -0.4 is 0 Å². The molecule has 0 aliphatic rings. The van der Waals surface area contributed by atoms with Gasteiger partial charge in [0.25, 0.3) is 0 Å². The summed E-state index contributed by atoms with van der Waals surface area (Å²) < 4.78 is 0. The maximum absolute atomic E-state index is 10.3. The SMILES string of the molecule is N#Cc1[c]ccc(C(=O)O)c1. The third kappa shape index (κ3) is 1.55. The lowest BCUT2D eigenvalue weighted by molar-refractivity contribution is 0.0697. The van der Waals surface area contributed by atoms with E-state index < -0.39 is 5.97 Å². The summed E-state index contributed by atoms with van der Waals surface area (Å²) in [4.78, 5) is 10.3. The topological polar surface area (TPSA) is 61.1 Å². The maximum atomic E-state index is 10.3. The summed E-state index contributed by atoms with van der Waals surface area (Å²) in [5.74, 6) is -1.03. The van der Waals surface area contributed by atoms with Gasteiger partial charge in [0.1, 0.15) is 0 Å². The standard InChI is InChI=1S/C8H4NO2/c9-5-6-2-1-3-7(4-6)8(10)11/h1,3-4H,(H,10,11). The lowest BCUT2D eigenvalue weighted by atomic mass is 10.1. The van der Waals surface area contributed by atoms with E-state index in [1.807, 2.05) is 0 Å². The number of nitrogens with zero attached hydrogens (tertiary/aromatic N) is 1. The van der Waals surface area contributed by atoms with E-state index in [-0.39, 0.29) is 11.1 Å². The second kappa shape index (κ2) is 2.84. The first kappa shape index (κ1) is 7.29. The second-order valence-corrected chi connectivity index (χ2v) is 1.91. The Morgan fingerprint density at radius 1 is 1.73 bits per heavy atom. The molecule has 0 heterocycles. The second-order valence-electron chi connectivity index (χ2n) is 1.91. The molecule has 53 valence electrons. The highest BCUT2D eigenvalue weighted by Gasteiger charge is 2.01. The highest BCUT2D eigenvalue weighted by atomic mass is 16.4. The third-order valence-electron chi connectivity index (χ3n) is 1.17. The van der Waals surface area contributed by atoms with E-state index in [1.54, 1.807) is 6.07 Å². The van der Waals surface area contributed by atoms with Gasteiger partial charge in [0.05, 0.1) is 17.2 Å². The quantitative estimate of drug-likeness (QED) is 0.644. The van der Waals surface area contributed by atoms with Crippen LogP contribution in [0.2, 0.25) is 0 Å². The van der Waals surface area contributed by atoms with Crippen molar-refractivity contribution in [2.45, 2.75) is 0 Å². The van der Waals surface area contributed by atoms with Gasteiger partial charge in [-0.2, -0.15) is 5.26 Å². The van der Waals surface area contributed by atoms with Gasteiger partial charge in [-0.3, -0.25) is 0 Å².